The third-order valence-corrected chi connectivity index (χ3v) is 3.05. The van der Waals surface area contributed by atoms with Crippen LogP contribution in [-0.4, -0.2) is 17.3 Å². The molecule has 0 aliphatic carbocycles. The first-order chi connectivity index (χ1) is 9.97. The van der Waals surface area contributed by atoms with Gasteiger partial charge in [0.25, 0.3) is 0 Å². The van der Waals surface area contributed by atoms with Crippen LogP contribution in [0.5, 0.6) is 5.75 Å². The van der Waals surface area contributed by atoms with Gasteiger partial charge in [-0.1, -0.05) is 29.8 Å². The number of nitro benzene ring substituents is 1. The molecule has 0 atom stereocenters. The maximum Gasteiger partial charge on any atom is 0.310 e. The molecule has 0 radical (unpaired) electrons. The van der Waals surface area contributed by atoms with Crippen molar-refractivity contribution in [1.82, 2.24) is 0 Å². The van der Waals surface area contributed by atoms with Crippen molar-refractivity contribution in [1.29, 1.82) is 0 Å². The molecule has 2 rings (SSSR count). The summed E-state index contributed by atoms with van der Waals surface area (Å²) in [5, 5.41) is 11.4. The molecule has 0 aromatic heterocycles. The Morgan fingerprint density at radius 2 is 2.05 bits per heavy atom. The van der Waals surface area contributed by atoms with Crippen LogP contribution in [0.2, 0.25) is 5.02 Å². The molecule has 0 N–H and O–H groups in total. The maximum absolute atomic E-state index is 12.0. The number of ketones is 1. The van der Waals surface area contributed by atoms with Crippen molar-refractivity contribution in [2.75, 3.05) is 6.61 Å². The summed E-state index contributed by atoms with van der Waals surface area (Å²) in [6, 6.07) is 11.0. The lowest BCUT2D eigenvalue weighted by Gasteiger charge is -2.07. The number of aryl methyl sites for hydroxylation is 1. The molecular formula is C15H12ClNO4. The van der Waals surface area contributed by atoms with Gasteiger partial charge in [0.2, 0.25) is 0 Å². The van der Waals surface area contributed by atoms with E-state index in [1.807, 2.05) is 0 Å². The van der Waals surface area contributed by atoms with E-state index in [1.165, 1.54) is 18.2 Å². The van der Waals surface area contributed by atoms with Gasteiger partial charge in [-0.25, -0.2) is 0 Å². The Labute approximate surface area is 126 Å². The van der Waals surface area contributed by atoms with Crippen molar-refractivity contribution in [3.8, 4) is 5.75 Å². The van der Waals surface area contributed by atoms with Gasteiger partial charge in [0.1, 0.15) is 0 Å². The number of carbonyl (C=O) groups is 1. The SMILES string of the molecule is Cc1ccc([N+](=O)[O-])c(OCC(=O)c2cccc(Cl)c2)c1. The molecule has 108 valence electrons. The van der Waals surface area contributed by atoms with Gasteiger partial charge in [0.15, 0.2) is 18.1 Å². The molecule has 0 saturated heterocycles. The second kappa shape index (κ2) is 6.37. The van der Waals surface area contributed by atoms with Gasteiger partial charge >= 0.3 is 5.69 Å². The first-order valence-corrected chi connectivity index (χ1v) is 6.52. The van der Waals surface area contributed by atoms with Crippen LogP contribution in [0.4, 0.5) is 5.69 Å². The zero-order chi connectivity index (χ0) is 15.4. The highest BCUT2D eigenvalue weighted by Gasteiger charge is 2.16. The Kier molecular flexibility index (Phi) is 4.55. The van der Waals surface area contributed by atoms with E-state index >= 15 is 0 Å². The lowest BCUT2D eigenvalue weighted by atomic mass is 10.1. The van der Waals surface area contributed by atoms with Gasteiger partial charge in [-0.2, -0.15) is 0 Å². The number of halogens is 1. The van der Waals surface area contributed by atoms with Crippen LogP contribution in [0.15, 0.2) is 42.5 Å². The molecule has 0 spiro atoms. The summed E-state index contributed by atoms with van der Waals surface area (Å²) >= 11 is 5.81. The van der Waals surface area contributed by atoms with Crippen LogP contribution in [-0.2, 0) is 0 Å². The predicted molar refractivity (Wildman–Crippen MR) is 79.1 cm³/mol. The third-order valence-electron chi connectivity index (χ3n) is 2.82. The quantitative estimate of drug-likeness (QED) is 0.478. The van der Waals surface area contributed by atoms with E-state index in [1.54, 1.807) is 31.2 Å². The summed E-state index contributed by atoms with van der Waals surface area (Å²) in [6.07, 6.45) is 0. The molecule has 0 aliphatic heterocycles. The maximum atomic E-state index is 12.0. The number of carbonyl (C=O) groups excluding carboxylic acids is 1. The highest BCUT2D eigenvalue weighted by molar-refractivity contribution is 6.31. The number of hydrogen-bond acceptors (Lipinski definition) is 4. The van der Waals surface area contributed by atoms with Gasteiger partial charge < -0.3 is 4.74 Å². The van der Waals surface area contributed by atoms with Crippen LogP contribution in [0.25, 0.3) is 0 Å². The summed E-state index contributed by atoms with van der Waals surface area (Å²) in [5.74, 6) is -0.219. The Morgan fingerprint density at radius 3 is 2.71 bits per heavy atom. The zero-order valence-corrected chi connectivity index (χ0v) is 12.0. The number of benzene rings is 2. The van der Waals surface area contributed by atoms with Crippen molar-refractivity contribution < 1.29 is 14.5 Å². The summed E-state index contributed by atoms with van der Waals surface area (Å²) in [4.78, 5) is 22.4. The average molecular weight is 306 g/mol. The zero-order valence-electron chi connectivity index (χ0n) is 11.2. The molecule has 2 aromatic carbocycles. The predicted octanol–water partition coefficient (Wildman–Crippen LogP) is 3.82. The molecule has 6 heteroatoms. The average Bonchev–Trinajstić information content (AvgIpc) is 2.44. The topological polar surface area (TPSA) is 69.4 Å². The molecule has 0 saturated carbocycles. The molecule has 0 bridgehead atoms. The first-order valence-electron chi connectivity index (χ1n) is 6.14. The lowest BCUT2D eigenvalue weighted by Crippen LogP contribution is -2.12. The van der Waals surface area contributed by atoms with Crippen molar-refractivity contribution in [3.05, 3.63) is 68.7 Å². The molecule has 0 heterocycles. The first kappa shape index (κ1) is 15.0. The van der Waals surface area contributed by atoms with Crippen molar-refractivity contribution >= 4 is 23.1 Å². The van der Waals surface area contributed by atoms with E-state index in [4.69, 9.17) is 16.3 Å². The molecule has 5 nitrogen and oxygen atoms in total. The molecule has 0 amide bonds. The number of nitro groups is 1. The highest BCUT2D eigenvalue weighted by atomic mass is 35.5. The molecule has 0 unspecified atom stereocenters. The number of nitrogens with zero attached hydrogens (tertiary/aromatic N) is 1. The van der Waals surface area contributed by atoms with E-state index in [9.17, 15) is 14.9 Å². The lowest BCUT2D eigenvalue weighted by molar-refractivity contribution is -0.385. The fourth-order valence-corrected chi connectivity index (χ4v) is 1.97. The summed E-state index contributed by atoms with van der Waals surface area (Å²) in [7, 11) is 0. The van der Waals surface area contributed by atoms with Gasteiger partial charge in [-0.05, 0) is 30.7 Å². The van der Waals surface area contributed by atoms with E-state index < -0.39 is 4.92 Å². The second-order valence-electron chi connectivity index (χ2n) is 4.45. The number of Topliss-reactive ketones (excluding diaryl/α,β-unsaturated/α-hetero) is 1. The standard InChI is InChI=1S/C15H12ClNO4/c1-10-5-6-13(17(19)20)15(7-10)21-9-14(18)11-3-2-4-12(16)8-11/h2-8H,9H2,1H3. The largest absolute Gasteiger partial charge is 0.478 e. The van der Waals surface area contributed by atoms with Gasteiger partial charge in [0.05, 0.1) is 4.92 Å². The minimum Gasteiger partial charge on any atom is -0.478 e. The third kappa shape index (κ3) is 3.79. The van der Waals surface area contributed by atoms with E-state index in [2.05, 4.69) is 0 Å². The molecule has 2 aromatic rings. The van der Waals surface area contributed by atoms with E-state index in [0.717, 1.165) is 5.56 Å². The van der Waals surface area contributed by atoms with Crippen LogP contribution >= 0.6 is 11.6 Å². The van der Waals surface area contributed by atoms with Crippen molar-refractivity contribution in [3.63, 3.8) is 0 Å². The van der Waals surface area contributed by atoms with Gasteiger partial charge in [-0.3, -0.25) is 14.9 Å². The van der Waals surface area contributed by atoms with Crippen LogP contribution < -0.4 is 4.74 Å². The van der Waals surface area contributed by atoms with Crippen LogP contribution in [0, 0.1) is 17.0 Å². The Hall–Kier alpha value is -2.40. The van der Waals surface area contributed by atoms with E-state index in [0.29, 0.717) is 10.6 Å². The van der Waals surface area contributed by atoms with Crippen LogP contribution in [0.1, 0.15) is 15.9 Å². The van der Waals surface area contributed by atoms with Gasteiger partial charge in [0, 0.05) is 16.7 Å². The summed E-state index contributed by atoms with van der Waals surface area (Å²) in [5.41, 5.74) is 1.04. The Balaban J connectivity index is 2.14. The molecule has 21 heavy (non-hydrogen) atoms. The summed E-state index contributed by atoms with van der Waals surface area (Å²) < 4.78 is 5.30. The molecule has 0 aliphatic rings. The Bertz CT molecular complexity index is 700. The van der Waals surface area contributed by atoms with E-state index in [-0.39, 0.29) is 23.8 Å². The minimum atomic E-state index is -0.543. The second-order valence-corrected chi connectivity index (χ2v) is 4.89. The number of ether oxygens (including phenoxy) is 1. The number of rotatable bonds is 5. The minimum absolute atomic E-state index is 0.0791. The molecule has 0 fully saturated rings. The summed E-state index contributed by atoms with van der Waals surface area (Å²) in [6.45, 7) is 1.50. The normalized spacial score (nSPS) is 10.2. The van der Waals surface area contributed by atoms with Crippen molar-refractivity contribution in [2.45, 2.75) is 6.92 Å². The fourth-order valence-electron chi connectivity index (χ4n) is 1.78. The molecular weight excluding hydrogens is 294 g/mol. The van der Waals surface area contributed by atoms with Gasteiger partial charge in [-0.15, -0.1) is 0 Å². The van der Waals surface area contributed by atoms with Crippen LogP contribution in [0.3, 0.4) is 0 Å². The smallest absolute Gasteiger partial charge is 0.310 e. The monoisotopic (exact) mass is 305 g/mol. The Morgan fingerprint density at radius 1 is 1.29 bits per heavy atom. The fraction of sp³-hybridized carbons (Fsp3) is 0.133. The number of hydrogen-bond donors (Lipinski definition) is 0. The highest BCUT2D eigenvalue weighted by Crippen LogP contribution is 2.27. The van der Waals surface area contributed by atoms with Crippen molar-refractivity contribution in [2.24, 2.45) is 0 Å².